The number of amides is 1. The Bertz CT molecular complexity index is 808. The second kappa shape index (κ2) is 9.42. The maximum atomic E-state index is 12.9. The van der Waals surface area contributed by atoms with E-state index in [4.69, 9.17) is 15.2 Å². The van der Waals surface area contributed by atoms with Crippen LogP contribution in [0.1, 0.15) is 27.1 Å². The number of nitrogen functional groups attached to an aromatic ring is 1. The van der Waals surface area contributed by atoms with E-state index in [0.717, 1.165) is 0 Å². The number of carbonyl (C=O) groups is 2. The molecule has 7 nitrogen and oxygen atoms in total. The van der Waals surface area contributed by atoms with E-state index in [1.807, 2.05) is 0 Å². The van der Waals surface area contributed by atoms with Gasteiger partial charge in [-0.3, -0.25) is 4.79 Å². The smallest absolute Gasteiger partial charge is 0.340 e. The van der Waals surface area contributed by atoms with Gasteiger partial charge in [0.15, 0.2) is 11.5 Å². The number of methoxy groups -OCH3 is 2. The van der Waals surface area contributed by atoms with Crippen LogP contribution in [0.5, 0.6) is 11.5 Å². The SMILES string of the molecule is COC(=O)c1cc(OCCCNC(=O)c2ccc(F)cc2)c(OC)cc1N. The molecule has 144 valence electrons. The molecule has 0 saturated heterocycles. The molecule has 0 bridgehead atoms. The zero-order chi connectivity index (χ0) is 19.8. The minimum absolute atomic E-state index is 0.179. The van der Waals surface area contributed by atoms with Crippen molar-refractivity contribution in [2.45, 2.75) is 6.42 Å². The lowest BCUT2D eigenvalue weighted by Gasteiger charge is -2.14. The molecule has 0 saturated carbocycles. The molecule has 0 aliphatic carbocycles. The van der Waals surface area contributed by atoms with Crippen molar-refractivity contribution in [3.05, 3.63) is 53.3 Å². The highest BCUT2D eigenvalue weighted by Crippen LogP contribution is 2.32. The maximum Gasteiger partial charge on any atom is 0.340 e. The number of carbonyl (C=O) groups excluding carboxylic acids is 2. The van der Waals surface area contributed by atoms with Gasteiger partial charge >= 0.3 is 5.97 Å². The van der Waals surface area contributed by atoms with Gasteiger partial charge in [-0.1, -0.05) is 0 Å². The van der Waals surface area contributed by atoms with Crippen LogP contribution in [0.15, 0.2) is 36.4 Å². The Labute approximate surface area is 156 Å². The molecular formula is C19H21FN2O5. The quantitative estimate of drug-likeness (QED) is 0.417. The summed E-state index contributed by atoms with van der Waals surface area (Å²) in [6.45, 7) is 0.627. The fourth-order valence-electron chi connectivity index (χ4n) is 2.29. The Hall–Kier alpha value is -3.29. The predicted molar refractivity (Wildman–Crippen MR) is 97.6 cm³/mol. The molecule has 0 aliphatic heterocycles. The standard InChI is InChI=1S/C19H21FN2O5/c1-25-16-11-15(21)14(19(24)26-2)10-17(16)27-9-3-8-22-18(23)12-4-6-13(20)7-5-12/h4-7,10-11H,3,8-9,21H2,1-2H3,(H,22,23). The van der Waals surface area contributed by atoms with Crippen LogP contribution in [-0.2, 0) is 4.74 Å². The van der Waals surface area contributed by atoms with Crippen molar-refractivity contribution >= 4 is 17.6 Å². The molecule has 0 atom stereocenters. The van der Waals surface area contributed by atoms with E-state index in [1.54, 1.807) is 0 Å². The number of nitrogens with one attached hydrogen (secondary N) is 1. The molecule has 2 aromatic carbocycles. The molecular weight excluding hydrogens is 355 g/mol. The number of halogens is 1. The third-order valence-corrected chi connectivity index (χ3v) is 3.71. The van der Waals surface area contributed by atoms with Crippen LogP contribution in [0.4, 0.5) is 10.1 Å². The first-order valence-corrected chi connectivity index (χ1v) is 8.18. The average molecular weight is 376 g/mol. The van der Waals surface area contributed by atoms with Crippen LogP contribution in [0.3, 0.4) is 0 Å². The summed E-state index contributed by atoms with van der Waals surface area (Å²) in [6.07, 6.45) is 0.508. The van der Waals surface area contributed by atoms with Crippen molar-refractivity contribution in [3.63, 3.8) is 0 Å². The molecule has 0 aromatic heterocycles. The molecule has 0 radical (unpaired) electrons. The van der Waals surface area contributed by atoms with Gasteiger partial charge in [-0.05, 0) is 30.7 Å². The van der Waals surface area contributed by atoms with E-state index in [1.165, 1.54) is 50.6 Å². The summed E-state index contributed by atoms with van der Waals surface area (Å²) in [7, 11) is 2.72. The highest BCUT2D eigenvalue weighted by atomic mass is 19.1. The van der Waals surface area contributed by atoms with Crippen LogP contribution in [-0.4, -0.2) is 39.2 Å². The van der Waals surface area contributed by atoms with Gasteiger partial charge in [-0.15, -0.1) is 0 Å². The molecule has 3 N–H and O–H groups in total. The summed E-state index contributed by atoms with van der Waals surface area (Å²) in [5.41, 5.74) is 6.58. The Morgan fingerprint density at radius 2 is 1.81 bits per heavy atom. The van der Waals surface area contributed by atoms with E-state index < -0.39 is 11.8 Å². The van der Waals surface area contributed by atoms with Gasteiger partial charge in [0.05, 0.1) is 32.1 Å². The van der Waals surface area contributed by atoms with Crippen molar-refractivity contribution in [3.8, 4) is 11.5 Å². The summed E-state index contributed by atoms with van der Waals surface area (Å²) < 4.78 is 28.4. The number of hydrogen-bond donors (Lipinski definition) is 2. The number of esters is 1. The number of anilines is 1. The first kappa shape index (κ1) is 20.0. The van der Waals surface area contributed by atoms with Crippen molar-refractivity contribution in [2.75, 3.05) is 33.1 Å². The average Bonchev–Trinajstić information content (AvgIpc) is 2.68. The summed E-state index contributed by atoms with van der Waals surface area (Å²) in [5.74, 6) is -0.546. The summed E-state index contributed by atoms with van der Waals surface area (Å²) in [6, 6.07) is 8.22. The van der Waals surface area contributed by atoms with Crippen LogP contribution in [0, 0.1) is 5.82 Å². The van der Waals surface area contributed by atoms with Crippen LogP contribution in [0.2, 0.25) is 0 Å². The van der Waals surface area contributed by atoms with Crippen molar-refractivity contribution < 1.29 is 28.2 Å². The molecule has 2 aromatic rings. The van der Waals surface area contributed by atoms with Gasteiger partial charge in [0.1, 0.15) is 5.82 Å². The van der Waals surface area contributed by atoms with E-state index in [9.17, 15) is 14.0 Å². The normalized spacial score (nSPS) is 10.2. The Balaban J connectivity index is 1.88. The molecule has 0 unspecified atom stereocenters. The molecule has 0 fully saturated rings. The predicted octanol–water partition coefficient (Wildman–Crippen LogP) is 2.40. The lowest BCUT2D eigenvalue weighted by molar-refractivity contribution is 0.0601. The molecule has 0 spiro atoms. The monoisotopic (exact) mass is 376 g/mol. The van der Waals surface area contributed by atoms with Crippen LogP contribution < -0.4 is 20.5 Å². The van der Waals surface area contributed by atoms with Crippen molar-refractivity contribution in [1.29, 1.82) is 0 Å². The molecule has 0 aliphatic rings. The van der Waals surface area contributed by atoms with E-state index in [2.05, 4.69) is 10.1 Å². The fourth-order valence-corrected chi connectivity index (χ4v) is 2.29. The zero-order valence-electron chi connectivity index (χ0n) is 15.1. The van der Waals surface area contributed by atoms with Crippen molar-refractivity contribution in [2.24, 2.45) is 0 Å². The Kier molecular flexibility index (Phi) is 6.99. The molecule has 0 heterocycles. The van der Waals surface area contributed by atoms with E-state index in [-0.39, 0.29) is 23.8 Å². The highest BCUT2D eigenvalue weighted by molar-refractivity contribution is 5.96. The van der Waals surface area contributed by atoms with Gasteiger partial charge in [0, 0.05) is 24.2 Å². The number of ether oxygens (including phenoxy) is 3. The molecule has 8 heteroatoms. The van der Waals surface area contributed by atoms with Crippen LogP contribution >= 0.6 is 0 Å². The third kappa shape index (κ3) is 5.34. The fraction of sp³-hybridized carbons (Fsp3) is 0.263. The lowest BCUT2D eigenvalue weighted by atomic mass is 10.1. The van der Waals surface area contributed by atoms with Crippen LogP contribution in [0.25, 0.3) is 0 Å². The largest absolute Gasteiger partial charge is 0.493 e. The second-order valence-corrected chi connectivity index (χ2v) is 5.55. The third-order valence-electron chi connectivity index (χ3n) is 3.71. The van der Waals surface area contributed by atoms with E-state index in [0.29, 0.717) is 30.0 Å². The van der Waals surface area contributed by atoms with Gasteiger partial charge in [0.25, 0.3) is 5.91 Å². The van der Waals surface area contributed by atoms with Gasteiger partial charge < -0.3 is 25.3 Å². The van der Waals surface area contributed by atoms with Gasteiger partial charge in [-0.2, -0.15) is 0 Å². The topological polar surface area (TPSA) is 99.9 Å². The summed E-state index contributed by atoms with van der Waals surface area (Å²) in [4.78, 5) is 23.6. The first-order chi connectivity index (χ1) is 13.0. The van der Waals surface area contributed by atoms with Crippen molar-refractivity contribution in [1.82, 2.24) is 5.32 Å². The summed E-state index contributed by atoms with van der Waals surface area (Å²) in [5, 5.41) is 2.71. The minimum atomic E-state index is -0.577. The minimum Gasteiger partial charge on any atom is -0.493 e. The number of nitrogens with two attached hydrogens (primary N) is 1. The van der Waals surface area contributed by atoms with Gasteiger partial charge in [0.2, 0.25) is 0 Å². The molecule has 2 rings (SSSR count). The molecule has 1 amide bonds. The number of benzene rings is 2. The first-order valence-electron chi connectivity index (χ1n) is 8.18. The lowest BCUT2D eigenvalue weighted by Crippen LogP contribution is -2.25. The molecule has 27 heavy (non-hydrogen) atoms. The van der Waals surface area contributed by atoms with Gasteiger partial charge in [-0.25, -0.2) is 9.18 Å². The second-order valence-electron chi connectivity index (χ2n) is 5.55. The Morgan fingerprint density at radius 1 is 1.11 bits per heavy atom. The number of hydrogen-bond acceptors (Lipinski definition) is 6. The number of rotatable bonds is 8. The Morgan fingerprint density at radius 3 is 2.44 bits per heavy atom. The highest BCUT2D eigenvalue weighted by Gasteiger charge is 2.16. The zero-order valence-corrected chi connectivity index (χ0v) is 15.1. The van der Waals surface area contributed by atoms with E-state index >= 15 is 0 Å². The maximum absolute atomic E-state index is 12.9. The summed E-state index contributed by atoms with van der Waals surface area (Å²) >= 11 is 0.